The first-order valence-corrected chi connectivity index (χ1v) is 45.5. The fourth-order valence-corrected chi connectivity index (χ4v) is 14.3. The van der Waals surface area contributed by atoms with Gasteiger partial charge in [-0.3, -0.25) is 37.3 Å². The van der Waals surface area contributed by atoms with E-state index in [2.05, 4.69) is 41.5 Å². The summed E-state index contributed by atoms with van der Waals surface area (Å²) < 4.78 is 68.7. The van der Waals surface area contributed by atoms with Gasteiger partial charge < -0.3 is 33.8 Å². The van der Waals surface area contributed by atoms with Crippen molar-refractivity contribution in [2.24, 2.45) is 11.8 Å². The summed E-state index contributed by atoms with van der Waals surface area (Å²) in [5.41, 5.74) is 0. The van der Waals surface area contributed by atoms with E-state index in [1.807, 2.05) is 0 Å². The minimum atomic E-state index is -4.96. The van der Waals surface area contributed by atoms with E-state index in [1.54, 1.807) is 0 Å². The number of aliphatic hydroxyl groups excluding tert-OH is 1. The highest BCUT2D eigenvalue weighted by Crippen LogP contribution is 2.45. The maximum atomic E-state index is 13.1. The number of phosphoric acid groups is 2. The molecule has 0 spiro atoms. The van der Waals surface area contributed by atoms with Crippen LogP contribution in [0.25, 0.3) is 0 Å². The summed E-state index contributed by atoms with van der Waals surface area (Å²) in [6.45, 7) is 9.59. The van der Waals surface area contributed by atoms with Crippen molar-refractivity contribution in [2.45, 2.75) is 452 Å². The number of unbranched alkanes of at least 4 members (excludes halogenated alkanes) is 51. The molecular weight excluding hydrogens is 1320 g/mol. The smallest absolute Gasteiger partial charge is 0.462 e. The third-order valence-corrected chi connectivity index (χ3v) is 21.1. The molecule has 101 heavy (non-hydrogen) atoms. The van der Waals surface area contributed by atoms with Gasteiger partial charge in [-0.15, -0.1) is 0 Å². The molecule has 0 heterocycles. The molecule has 19 heteroatoms. The lowest BCUT2D eigenvalue weighted by Gasteiger charge is -2.21. The molecular formula is C82H160O17P2. The van der Waals surface area contributed by atoms with Gasteiger partial charge in [0.25, 0.3) is 0 Å². The number of phosphoric ester groups is 2. The molecule has 0 aliphatic carbocycles. The average molecular weight is 1480 g/mol. The van der Waals surface area contributed by atoms with Crippen LogP contribution >= 0.6 is 15.6 Å². The first-order chi connectivity index (χ1) is 48.9. The van der Waals surface area contributed by atoms with Crippen molar-refractivity contribution in [1.82, 2.24) is 0 Å². The number of ether oxygens (including phenoxy) is 4. The molecule has 0 aliphatic heterocycles. The summed E-state index contributed by atoms with van der Waals surface area (Å²) in [5.74, 6) is -0.623. The Hall–Kier alpha value is -1.94. The number of aliphatic hydroxyl groups is 1. The number of carbonyl (C=O) groups is 4. The summed E-state index contributed by atoms with van der Waals surface area (Å²) in [7, 11) is -9.92. The Kier molecular flexibility index (Phi) is 72.2. The summed E-state index contributed by atoms with van der Waals surface area (Å²) in [6, 6.07) is 0. The highest BCUT2D eigenvalue weighted by atomic mass is 31.2. The number of hydrogen-bond donors (Lipinski definition) is 3. The van der Waals surface area contributed by atoms with Crippen LogP contribution in [0.15, 0.2) is 0 Å². The van der Waals surface area contributed by atoms with Gasteiger partial charge in [-0.1, -0.05) is 382 Å². The van der Waals surface area contributed by atoms with E-state index in [0.717, 1.165) is 102 Å². The van der Waals surface area contributed by atoms with Gasteiger partial charge in [0, 0.05) is 25.7 Å². The van der Waals surface area contributed by atoms with Crippen LogP contribution in [0.3, 0.4) is 0 Å². The Bertz CT molecular complexity index is 1940. The predicted octanol–water partition coefficient (Wildman–Crippen LogP) is 24.7. The molecule has 0 rings (SSSR count). The minimum Gasteiger partial charge on any atom is -0.462 e. The van der Waals surface area contributed by atoms with E-state index in [-0.39, 0.29) is 25.7 Å². The van der Waals surface area contributed by atoms with Crippen LogP contribution in [-0.2, 0) is 65.4 Å². The fraction of sp³-hybridized carbons (Fsp3) is 0.951. The summed E-state index contributed by atoms with van der Waals surface area (Å²) in [4.78, 5) is 73.0. The Balaban J connectivity index is 5.22. The summed E-state index contributed by atoms with van der Waals surface area (Å²) >= 11 is 0. The molecule has 0 saturated heterocycles. The molecule has 0 bridgehead atoms. The number of hydrogen-bond acceptors (Lipinski definition) is 15. The zero-order valence-corrected chi connectivity index (χ0v) is 68.0. The second-order valence-electron chi connectivity index (χ2n) is 30.5. The predicted molar refractivity (Wildman–Crippen MR) is 414 cm³/mol. The Morgan fingerprint density at radius 1 is 0.267 bits per heavy atom. The summed E-state index contributed by atoms with van der Waals surface area (Å²) in [6.07, 6.45) is 64.0. The molecule has 0 aromatic rings. The lowest BCUT2D eigenvalue weighted by molar-refractivity contribution is -0.161. The number of rotatable bonds is 81. The Morgan fingerprint density at radius 3 is 0.673 bits per heavy atom. The molecule has 5 atom stereocenters. The second kappa shape index (κ2) is 73.6. The first kappa shape index (κ1) is 99.1. The van der Waals surface area contributed by atoms with Gasteiger partial charge in [-0.05, 0) is 37.5 Å². The van der Waals surface area contributed by atoms with Crippen molar-refractivity contribution in [1.29, 1.82) is 0 Å². The van der Waals surface area contributed by atoms with E-state index in [9.17, 15) is 43.2 Å². The van der Waals surface area contributed by atoms with E-state index >= 15 is 0 Å². The van der Waals surface area contributed by atoms with Crippen molar-refractivity contribution >= 4 is 39.5 Å². The highest BCUT2D eigenvalue weighted by molar-refractivity contribution is 7.47. The molecule has 3 N–H and O–H groups in total. The van der Waals surface area contributed by atoms with Gasteiger partial charge in [-0.2, -0.15) is 0 Å². The zero-order valence-electron chi connectivity index (χ0n) is 66.2. The van der Waals surface area contributed by atoms with Gasteiger partial charge in [0.05, 0.1) is 26.4 Å². The van der Waals surface area contributed by atoms with E-state index in [0.29, 0.717) is 31.6 Å². The van der Waals surface area contributed by atoms with Crippen molar-refractivity contribution in [2.75, 3.05) is 39.6 Å². The molecule has 0 saturated carbocycles. The molecule has 2 unspecified atom stereocenters. The van der Waals surface area contributed by atoms with Crippen molar-refractivity contribution < 1.29 is 80.2 Å². The molecule has 0 radical (unpaired) electrons. The maximum absolute atomic E-state index is 13.1. The van der Waals surface area contributed by atoms with E-state index < -0.39 is 97.5 Å². The van der Waals surface area contributed by atoms with Gasteiger partial charge >= 0.3 is 39.5 Å². The second-order valence-corrected chi connectivity index (χ2v) is 33.4. The van der Waals surface area contributed by atoms with Crippen molar-refractivity contribution in [3.63, 3.8) is 0 Å². The van der Waals surface area contributed by atoms with Crippen molar-refractivity contribution in [3.05, 3.63) is 0 Å². The first-order valence-electron chi connectivity index (χ1n) is 42.5. The topological polar surface area (TPSA) is 237 Å². The van der Waals surface area contributed by atoms with Crippen LogP contribution < -0.4 is 0 Å². The van der Waals surface area contributed by atoms with E-state index in [4.69, 9.17) is 37.0 Å². The Morgan fingerprint density at radius 2 is 0.455 bits per heavy atom. The van der Waals surface area contributed by atoms with Crippen LogP contribution in [0, 0.1) is 11.8 Å². The van der Waals surface area contributed by atoms with Gasteiger partial charge in [0.2, 0.25) is 0 Å². The third-order valence-electron chi connectivity index (χ3n) is 19.2. The molecule has 600 valence electrons. The number of carbonyl (C=O) groups excluding carboxylic acids is 4. The normalized spacial score (nSPS) is 13.9. The maximum Gasteiger partial charge on any atom is 0.472 e. The minimum absolute atomic E-state index is 0.107. The largest absolute Gasteiger partial charge is 0.472 e. The van der Waals surface area contributed by atoms with E-state index in [1.165, 1.54) is 244 Å². The lowest BCUT2D eigenvalue weighted by atomic mass is 10.0. The Labute approximate surface area is 619 Å². The highest BCUT2D eigenvalue weighted by Gasteiger charge is 2.30. The van der Waals surface area contributed by atoms with Crippen LogP contribution in [0.2, 0.25) is 0 Å². The van der Waals surface area contributed by atoms with Gasteiger partial charge in [0.15, 0.2) is 12.2 Å². The summed E-state index contributed by atoms with van der Waals surface area (Å²) in [5, 5.41) is 10.6. The molecule has 0 aromatic heterocycles. The SMILES string of the molecule is CCCCCCCCCCCCCCCCCCCCCC(=O)O[C@H](COC(=O)CCCCCCCCCCCCCCCCCC(C)C)COP(=O)(O)OC[C@@H](O)COP(=O)(O)OC[C@@H](COC(=O)CCCCCCCCC(C)C)OC(=O)CCCCCCCCCCCCCCCCC. The molecule has 0 aliphatic rings. The van der Waals surface area contributed by atoms with Crippen LogP contribution in [0.5, 0.6) is 0 Å². The average Bonchev–Trinajstić information content (AvgIpc) is 0.984. The zero-order chi connectivity index (χ0) is 74.2. The fourth-order valence-electron chi connectivity index (χ4n) is 12.7. The quantitative estimate of drug-likeness (QED) is 0.0222. The van der Waals surface area contributed by atoms with Crippen LogP contribution in [-0.4, -0.2) is 96.7 Å². The third kappa shape index (κ3) is 76.1. The molecule has 0 amide bonds. The molecule has 17 nitrogen and oxygen atoms in total. The van der Waals surface area contributed by atoms with Gasteiger partial charge in [-0.25, -0.2) is 9.13 Å². The van der Waals surface area contributed by atoms with Crippen LogP contribution in [0.4, 0.5) is 0 Å². The number of esters is 4. The van der Waals surface area contributed by atoms with Crippen molar-refractivity contribution in [3.8, 4) is 0 Å². The standard InChI is InChI=1S/C82H160O17P2/c1-7-9-11-13-15-17-19-21-23-24-25-26-30-35-39-43-47-55-61-66-81(86)98-77(70-92-79(84)64-58-52-45-41-37-33-31-27-29-32-36-40-44-50-56-62-74(3)4)72-96-100(88,89)94-68-76(83)69-95-101(90,91)97-73-78(71-93-80(85)65-59-53-49-48-51-57-63-75(5)6)99-82(87)67-60-54-46-42-38-34-28-22-20-18-16-14-12-10-8-2/h74-78,83H,7-73H2,1-6H3,(H,88,89)(H,90,91)/t76-,77-,78-/m1/s1. The molecule has 0 aromatic carbocycles. The van der Waals surface area contributed by atoms with Gasteiger partial charge in [0.1, 0.15) is 19.3 Å². The lowest BCUT2D eigenvalue weighted by Crippen LogP contribution is -2.30. The van der Waals surface area contributed by atoms with Crippen LogP contribution in [0.1, 0.15) is 433 Å². The monoisotopic (exact) mass is 1480 g/mol. The molecule has 0 fully saturated rings.